The first-order valence-electron chi connectivity index (χ1n) is 5.24. The smallest absolute Gasteiger partial charge is 0.123 e. The van der Waals surface area contributed by atoms with E-state index in [9.17, 15) is 5.11 Å². The Labute approximate surface area is 99.6 Å². The van der Waals surface area contributed by atoms with Crippen molar-refractivity contribution in [3.63, 3.8) is 0 Å². The molecule has 0 atom stereocenters. The topological polar surface area (TPSA) is 32.3 Å². The van der Waals surface area contributed by atoms with E-state index < -0.39 is 0 Å². The number of hydrogen-bond acceptors (Lipinski definition) is 3. The third-order valence-electron chi connectivity index (χ3n) is 2.67. The van der Waals surface area contributed by atoms with E-state index in [1.165, 1.54) is 4.88 Å². The first-order chi connectivity index (χ1) is 7.68. The lowest BCUT2D eigenvalue weighted by Gasteiger charge is -2.11. The number of hydrogen-bond donors (Lipinski definition) is 2. The molecular weight excluding hydrogens is 218 g/mol. The largest absolute Gasteiger partial charge is 0.507 e. The first-order valence-corrected chi connectivity index (χ1v) is 6.12. The molecule has 0 saturated heterocycles. The van der Waals surface area contributed by atoms with Gasteiger partial charge in [-0.2, -0.15) is 0 Å². The molecule has 0 bridgehead atoms. The van der Waals surface area contributed by atoms with Crippen LogP contribution in [-0.4, -0.2) is 5.11 Å². The average Bonchev–Trinajstić information content (AvgIpc) is 2.78. The monoisotopic (exact) mass is 233 g/mol. The van der Waals surface area contributed by atoms with Crippen molar-refractivity contribution >= 4 is 17.0 Å². The molecule has 84 valence electrons. The number of nitrogens with one attached hydrogen (secondary N) is 1. The SMILES string of the molecule is Cc1ccc(NCc2cccs2)c(C)c1O. The third kappa shape index (κ3) is 2.19. The summed E-state index contributed by atoms with van der Waals surface area (Å²) in [7, 11) is 0. The maximum Gasteiger partial charge on any atom is 0.123 e. The molecule has 0 fully saturated rings. The molecule has 1 aromatic heterocycles. The fourth-order valence-corrected chi connectivity index (χ4v) is 2.27. The number of rotatable bonds is 3. The van der Waals surface area contributed by atoms with Crippen molar-refractivity contribution in [3.8, 4) is 5.75 Å². The zero-order valence-electron chi connectivity index (χ0n) is 9.45. The molecule has 0 unspecified atom stereocenters. The Morgan fingerprint density at radius 1 is 1.25 bits per heavy atom. The predicted molar refractivity (Wildman–Crippen MR) is 69.2 cm³/mol. The van der Waals surface area contributed by atoms with Crippen LogP contribution in [0.1, 0.15) is 16.0 Å². The Kier molecular flexibility index (Phi) is 3.15. The first kappa shape index (κ1) is 11.0. The van der Waals surface area contributed by atoms with Crippen molar-refractivity contribution < 1.29 is 5.11 Å². The van der Waals surface area contributed by atoms with E-state index in [1.807, 2.05) is 32.0 Å². The van der Waals surface area contributed by atoms with Crippen molar-refractivity contribution in [2.45, 2.75) is 20.4 Å². The predicted octanol–water partition coefficient (Wildman–Crippen LogP) is 3.68. The molecule has 0 radical (unpaired) electrons. The summed E-state index contributed by atoms with van der Waals surface area (Å²) in [6.45, 7) is 4.64. The lowest BCUT2D eigenvalue weighted by Crippen LogP contribution is -1.99. The molecule has 2 aromatic rings. The summed E-state index contributed by atoms with van der Waals surface area (Å²) in [5.74, 6) is 0.385. The molecule has 0 aliphatic rings. The molecule has 1 heterocycles. The highest BCUT2D eigenvalue weighted by atomic mass is 32.1. The van der Waals surface area contributed by atoms with Crippen molar-refractivity contribution in [2.24, 2.45) is 0 Å². The van der Waals surface area contributed by atoms with Gasteiger partial charge >= 0.3 is 0 Å². The number of phenols is 1. The summed E-state index contributed by atoms with van der Waals surface area (Å²) >= 11 is 1.73. The summed E-state index contributed by atoms with van der Waals surface area (Å²) in [5.41, 5.74) is 2.83. The van der Waals surface area contributed by atoms with Gasteiger partial charge < -0.3 is 10.4 Å². The lowest BCUT2D eigenvalue weighted by molar-refractivity contribution is 0.467. The number of benzene rings is 1. The normalized spacial score (nSPS) is 10.4. The van der Waals surface area contributed by atoms with Crippen LogP contribution in [0.3, 0.4) is 0 Å². The second-order valence-corrected chi connectivity index (χ2v) is 4.87. The van der Waals surface area contributed by atoms with Crippen LogP contribution >= 0.6 is 11.3 Å². The van der Waals surface area contributed by atoms with E-state index in [-0.39, 0.29) is 0 Å². The summed E-state index contributed by atoms with van der Waals surface area (Å²) in [5, 5.41) is 15.2. The molecular formula is C13H15NOS. The highest BCUT2D eigenvalue weighted by molar-refractivity contribution is 7.09. The van der Waals surface area contributed by atoms with Gasteiger partial charge in [-0.1, -0.05) is 12.1 Å². The van der Waals surface area contributed by atoms with Gasteiger partial charge in [-0.25, -0.2) is 0 Å². The summed E-state index contributed by atoms with van der Waals surface area (Å²) in [4.78, 5) is 1.29. The highest BCUT2D eigenvalue weighted by Crippen LogP contribution is 2.28. The van der Waals surface area contributed by atoms with Gasteiger partial charge in [0.2, 0.25) is 0 Å². The molecule has 16 heavy (non-hydrogen) atoms. The van der Waals surface area contributed by atoms with Crippen LogP contribution in [0.15, 0.2) is 29.6 Å². The summed E-state index contributed by atoms with van der Waals surface area (Å²) < 4.78 is 0. The van der Waals surface area contributed by atoms with Gasteiger partial charge in [0, 0.05) is 22.7 Å². The van der Waals surface area contributed by atoms with Crippen molar-refractivity contribution in [1.29, 1.82) is 0 Å². The van der Waals surface area contributed by atoms with Crippen LogP contribution in [0.25, 0.3) is 0 Å². The van der Waals surface area contributed by atoms with Gasteiger partial charge in [-0.3, -0.25) is 0 Å². The van der Waals surface area contributed by atoms with Crippen LogP contribution in [-0.2, 0) is 6.54 Å². The Hall–Kier alpha value is -1.48. The van der Waals surface area contributed by atoms with Crippen molar-refractivity contribution in [3.05, 3.63) is 45.6 Å². The van der Waals surface area contributed by atoms with E-state index in [2.05, 4.69) is 16.8 Å². The summed E-state index contributed by atoms with van der Waals surface area (Å²) in [6, 6.07) is 8.08. The molecule has 3 heteroatoms. The highest BCUT2D eigenvalue weighted by Gasteiger charge is 2.05. The number of anilines is 1. The second kappa shape index (κ2) is 4.58. The van der Waals surface area contributed by atoms with Crippen LogP contribution in [0.4, 0.5) is 5.69 Å². The molecule has 0 saturated carbocycles. The zero-order chi connectivity index (χ0) is 11.5. The quantitative estimate of drug-likeness (QED) is 0.847. The third-order valence-corrected chi connectivity index (χ3v) is 3.54. The second-order valence-electron chi connectivity index (χ2n) is 3.84. The van der Waals surface area contributed by atoms with Gasteiger partial charge in [0.25, 0.3) is 0 Å². The lowest BCUT2D eigenvalue weighted by atomic mass is 10.1. The van der Waals surface area contributed by atoms with E-state index in [1.54, 1.807) is 11.3 Å². The number of thiophene rings is 1. The zero-order valence-corrected chi connectivity index (χ0v) is 10.3. The Morgan fingerprint density at radius 3 is 2.75 bits per heavy atom. The minimum atomic E-state index is 0.385. The minimum absolute atomic E-state index is 0.385. The van der Waals surface area contributed by atoms with Crippen molar-refractivity contribution in [1.82, 2.24) is 0 Å². The molecule has 0 amide bonds. The maximum atomic E-state index is 9.81. The average molecular weight is 233 g/mol. The van der Waals surface area contributed by atoms with Crippen molar-refractivity contribution in [2.75, 3.05) is 5.32 Å². The molecule has 0 aliphatic carbocycles. The molecule has 0 spiro atoms. The maximum absolute atomic E-state index is 9.81. The Bertz CT molecular complexity index is 477. The van der Waals surface area contributed by atoms with Gasteiger partial charge in [-0.05, 0) is 36.9 Å². The fraction of sp³-hybridized carbons (Fsp3) is 0.231. The van der Waals surface area contributed by atoms with Gasteiger partial charge in [0.05, 0.1) is 0 Å². The molecule has 0 aliphatic heterocycles. The molecule has 1 aromatic carbocycles. The minimum Gasteiger partial charge on any atom is -0.507 e. The Balaban J connectivity index is 2.13. The molecule has 2 nitrogen and oxygen atoms in total. The van der Waals surface area contributed by atoms with E-state index >= 15 is 0 Å². The number of aromatic hydroxyl groups is 1. The van der Waals surface area contributed by atoms with E-state index in [4.69, 9.17) is 0 Å². The van der Waals surface area contributed by atoms with Gasteiger partial charge in [0.1, 0.15) is 5.75 Å². The molecule has 2 rings (SSSR count). The van der Waals surface area contributed by atoms with Crippen LogP contribution in [0, 0.1) is 13.8 Å². The molecule has 2 N–H and O–H groups in total. The summed E-state index contributed by atoms with van der Waals surface area (Å²) in [6.07, 6.45) is 0. The van der Waals surface area contributed by atoms with Crippen LogP contribution in [0.5, 0.6) is 5.75 Å². The van der Waals surface area contributed by atoms with Gasteiger partial charge in [-0.15, -0.1) is 11.3 Å². The number of phenolic OH excluding ortho intramolecular Hbond substituents is 1. The van der Waals surface area contributed by atoms with E-state index in [0.717, 1.165) is 23.4 Å². The van der Waals surface area contributed by atoms with E-state index in [0.29, 0.717) is 5.75 Å². The Morgan fingerprint density at radius 2 is 2.06 bits per heavy atom. The van der Waals surface area contributed by atoms with Gasteiger partial charge in [0.15, 0.2) is 0 Å². The number of aryl methyl sites for hydroxylation is 1. The van der Waals surface area contributed by atoms with Crippen LogP contribution in [0.2, 0.25) is 0 Å². The van der Waals surface area contributed by atoms with Crippen LogP contribution < -0.4 is 5.32 Å². The standard InChI is InChI=1S/C13H15NOS/c1-9-5-6-12(10(2)13(9)15)14-8-11-4-3-7-16-11/h3-7,14-15H,8H2,1-2H3. The fourth-order valence-electron chi connectivity index (χ4n) is 1.62.